The fraction of sp³-hybridized carbons (Fsp3) is 0.158. The third-order valence-electron chi connectivity index (χ3n) is 4.26. The SMILES string of the molecule is COc1cccc2cc3c(nc12)N(C(=O)c1cccc(Cl)c1)CC3. The summed E-state index contributed by atoms with van der Waals surface area (Å²) in [6, 6.07) is 14.9. The predicted molar refractivity (Wildman–Crippen MR) is 95.1 cm³/mol. The molecule has 4 rings (SSSR count). The van der Waals surface area contributed by atoms with E-state index in [-0.39, 0.29) is 5.91 Å². The van der Waals surface area contributed by atoms with Gasteiger partial charge in [-0.05, 0) is 42.3 Å². The van der Waals surface area contributed by atoms with E-state index in [4.69, 9.17) is 21.3 Å². The molecule has 2 heterocycles. The molecule has 0 unspecified atom stereocenters. The number of carbonyl (C=O) groups excluding carboxylic acids is 1. The van der Waals surface area contributed by atoms with E-state index in [0.29, 0.717) is 28.7 Å². The topological polar surface area (TPSA) is 42.4 Å². The largest absolute Gasteiger partial charge is 0.494 e. The Morgan fingerprint density at radius 1 is 1.21 bits per heavy atom. The van der Waals surface area contributed by atoms with Gasteiger partial charge in [0.1, 0.15) is 17.1 Å². The first-order valence-electron chi connectivity index (χ1n) is 7.71. The maximum absolute atomic E-state index is 12.8. The summed E-state index contributed by atoms with van der Waals surface area (Å²) in [4.78, 5) is 19.3. The molecule has 0 aliphatic carbocycles. The molecule has 1 aliphatic rings. The molecule has 1 aromatic heterocycles. The van der Waals surface area contributed by atoms with E-state index in [1.807, 2.05) is 18.2 Å². The summed E-state index contributed by atoms with van der Waals surface area (Å²) in [7, 11) is 1.62. The number of ether oxygens (including phenoxy) is 1. The molecule has 0 saturated carbocycles. The Morgan fingerprint density at radius 3 is 2.83 bits per heavy atom. The van der Waals surface area contributed by atoms with E-state index in [2.05, 4.69) is 6.07 Å². The predicted octanol–water partition coefficient (Wildman–Crippen LogP) is 4.10. The maximum atomic E-state index is 12.8. The van der Waals surface area contributed by atoms with Crippen LogP contribution in [0.25, 0.3) is 10.9 Å². The summed E-state index contributed by atoms with van der Waals surface area (Å²) in [6.45, 7) is 0.617. The highest BCUT2D eigenvalue weighted by molar-refractivity contribution is 6.31. The summed E-state index contributed by atoms with van der Waals surface area (Å²) >= 11 is 6.01. The molecule has 0 N–H and O–H groups in total. The molecule has 120 valence electrons. The zero-order chi connectivity index (χ0) is 16.7. The van der Waals surface area contributed by atoms with Crippen LogP contribution in [0.1, 0.15) is 15.9 Å². The number of amides is 1. The Hall–Kier alpha value is -2.59. The Morgan fingerprint density at radius 2 is 2.04 bits per heavy atom. The molecular weight excluding hydrogens is 324 g/mol. The van der Waals surface area contributed by atoms with Crippen molar-refractivity contribution in [3.05, 3.63) is 64.7 Å². The lowest BCUT2D eigenvalue weighted by Crippen LogP contribution is -2.29. The first kappa shape index (κ1) is 15.0. The fourth-order valence-electron chi connectivity index (χ4n) is 3.10. The van der Waals surface area contributed by atoms with Gasteiger partial charge in [0.15, 0.2) is 0 Å². The number of para-hydroxylation sites is 1. The average Bonchev–Trinajstić information content (AvgIpc) is 3.01. The molecule has 0 bridgehead atoms. The van der Waals surface area contributed by atoms with Crippen LogP contribution < -0.4 is 9.64 Å². The van der Waals surface area contributed by atoms with Gasteiger partial charge in [-0.1, -0.05) is 29.8 Å². The maximum Gasteiger partial charge on any atom is 0.259 e. The lowest BCUT2D eigenvalue weighted by Gasteiger charge is -2.17. The van der Waals surface area contributed by atoms with Crippen molar-refractivity contribution in [2.45, 2.75) is 6.42 Å². The summed E-state index contributed by atoms with van der Waals surface area (Å²) in [5, 5.41) is 1.57. The number of hydrogen-bond donors (Lipinski definition) is 0. The molecule has 1 amide bonds. The molecule has 0 atom stereocenters. The Kier molecular flexibility index (Phi) is 3.62. The summed E-state index contributed by atoms with van der Waals surface area (Å²) in [5.41, 5.74) is 2.41. The lowest BCUT2D eigenvalue weighted by atomic mass is 10.1. The summed E-state index contributed by atoms with van der Waals surface area (Å²) < 4.78 is 5.40. The first-order valence-corrected chi connectivity index (χ1v) is 8.09. The smallest absolute Gasteiger partial charge is 0.259 e. The first-order chi connectivity index (χ1) is 11.7. The number of nitrogens with zero attached hydrogens (tertiary/aromatic N) is 2. The second kappa shape index (κ2) is 5.80. The lowest BCUT2D eigenvalue weighted by molar-refractivity contribution is 0.0988. The zero-order valence-corrected chi connectivity index (χ0v) is 13.9. The van der Waals surface area contributed by atoms with Gasteiger partial charge in [-0.25, -0.2) is 4.98 Å². The molecule has 3 aromatic rings. The molecule has 1 aliphatic heterocycles. The van der Waals surface area contributed by atoms with Crippen LogP contribution in [0.15, 0.2) is 48.5 Å². The number of halogens is 1. The van der Waals surface area contributed by atoms with E-state index in [9.17, 15) is 4.79 Å². The number of carbonyl (C=O) groups is 1. The molecule has 24 heavy (non-hydrogen) atoms. The van der Waals surface area contributed by atoms with Crippen LogP contribution in [0.3, 0.4) is 0 Å². The zero-order valence-electron chi connectivity index (χ0n) is 13.1. The van der Waals surface area contributed by atoms with Crippen molar-refractivity contribution in [3.63, 3.8) is 0 Å². The quantitative estimate of drug-likeness (QED) is 0.706. The average molecular weight is 339 g/mol. The second-order valence-corrected chi connectivity index (χ2v) is 6.16. The molecule has 0 spiro atoms. The number of hydrogen-bond acceptors (Lipinski definition) is 3. The minimum Gasteiger partial charge on any atom is -0.494 e. The Labute approximate surface area is 144 Å². The van der Waals surface area contributed by atoms with Crippen LogP contribution in [0, 0.1) is 0 Å². The van der Waals surface area contributed by atoms with E-state index in [1.54, 1.807) is 36.3 Å². The van der Waals surface area contributed by atoms with Crippen molar-refractivity contribution < 1.29 is 9.53 Å². The fourth-order valence-corrected chi connectivity index (χ4v) is 3.29. The van der Waals surface area contributed by atoms with Crippen LogP contribution in [-0.2, 0) is 6.42 Å². The number of aromatic nitrogens is 1. The molecular formula is C19H15ClN2O2. The van der Waals surface area contributed by atoms with Crippen molar-refractivity contribution in [2.24, 2.45) is 0 Å². The van der Waals surface area contributed by atoms with Gasteiger partial charge in [-0.2, -0.15) is 0 Å². The molecule has 0 saturated heterocycles. The second-order valence-electron chi connectivity index (χ2n) is 5.72. The number of pyridine rings is 1. The van der Waals surface area contributed by atoms with Crippen LogP contribution in [0.4, 0.5) is 5.82 Å². The van der Waals surface area contributed by atoms with Gasteiger partial charge in [0.25, 0.3) is 5.91 Å². The van der Waals surface area contributed by atoms with Crippen molar-refractivity contribution in [1.29, 1.82) is 0 Å². The highest BCUT2D eigenvalue weighted by Crippen LogP contribution is 2.33. The third-order valence-corrected chi connectivity index (χ3v) is 4.50. The van der Waals surface area contributed by atoms with Crippen LogP contribution >= 0.6 is 11.6 Å². The number of rotatable bonds is 2. The molecule has 0 fully saturated rings. The van der Waals surface area contributed by atoms with Gasteiger partial charge < -0.3 is 4.74 Å². The number of benzene rings is 2. The van der Waals surface area contributed by atoms with Gasteiger partial charge in [0, 0.05) is 22.5 Å². The molecule has 2 aromatic carbocycles. The minimum absolute atomic E-state index is 0.0852. The van der Waals surface area contributed by atoms with Crippen molar-refractivity contribution >= 4 is 34.2 Å². The summed E-state index contributed by atoms with van der Waals surface area (Å²) in [6.07, 6.45) is 0.793. The van der Waals surface area contributed by atoms with Gasteiger partial charge in [-0.3, -0.25) is 9.69 Å². The number of fused-ring (bicyclic) bond motifs is 2. The van der Waals surface area contributed by atoms with Crippen LogP contribution in [-0.4, -0.2) is 24.5 Å². The third kappa shape index (κ3) is 2.39. The van der Waals surface area contributed by atoms with Crippen LogP contribution in [0.5, 0.6) is 5.75 Å². The van der Waals surface area contributed by atoms with Gasteiger partial charge >= 0.3 is 0 Å². The van der Waals surface area contributed by atoms with Crippen LogP contribution in [0.2, 0.25) is 5.02 Å². The Bertz CT molecular complexity index is 955. The van der Waals surface area contributed by atoms with Gasteiger partial charge in [0.2, 0.25) is 0 Å². The molecule has 5 heteroatoms. The van der Waals surface area contributed by atoms with E-state index in [0.717, 1.165) is 22.9 Å². The van der Waals surface area contributed by atoms with Crippen molar-refractivity contribution in [2.75, 3.05) is 18.6 Å². The monoisotopic (exact) mass is 338 g/mol. The van der Waals surface area contributed by atoms with E-state index < -0.39 is 0 Å². The highest BCUT2D eigenvalue weighted by atomic mass is 35.5. The van der Waals surface area contributed by atoms with Gasteiger partial charge in [-0.15, -0.1) is 0 Å². The Balaban J connectivity index is 1.80. The normalized spacial score (nSPS) is 13.2. The summed E-state index contributed by atoms with van der Waals surface area (Å²) in [5.74, 6) is 1.33. The van der Waals surface area contributed by atoms with Crippen molar-refractivity contribution in [3.8, 4) is 5.75 Å². The molecule has 0 radical (unpaired) electrons. The van der Waals surface area contributed by atoms with Crippen molar-refractivity contribution in [1.82, 2.24) is 4.98 Å². The molecule has 4 nitrogen and oxygen atoms in total. The number of methoxy groups -OCH3 is 1. The standard InChI is InChI=1S/C19H15ClN2O2/c1-24-16-7-3-4-12-10-13-8-9-22(18(13)21-17(12)16)19(23)14-5-2-6-15(20)11-14/h2-7,10-11H,8-9H2,1H3. The van der Waals surface area contributed by atoms with Gasteiger partial charge in [0.05, 0.1) is 7.11 Å². The van der Waals surface area contributed by atoms with E-state index >= 15 is 0 Å². The number of anilines is 1. The minimum atomic E-state index is -0.0852. The highest BCUT2D eigenvalue weighted by Gasteiger charge is 2.28. The van der Waals surface area contributed by atoms with E-state index in [1.165, 1.54) is 0 Å².